The number of aliphatic imine (C=N–C) groups is 1. The van der Waals surface area contributed by atoms with Crippen LogP contribution in [0.15, 0.2) is 4.99 Å². The van der Waals surface area contributed by atoms with Gasteiger partial charge in [0.25, 0.3) is 0 Å². The summed E-state index contributed by atoms with van der Waals surface area (Å²) in [4.78, 5) is 21.1. The van der Waals surface area contributed by atoms with Crippen molar-refractivity contribution >= 4 is 11.9 Å². The Balaban J connectivity index is 1.58. The lowest BCUT2D eigenvalue weighted by Gasteiger charge is -2.41. The van der Waals surface area contributed by atoms with Crippen LogP contribution in [0.25, 0.3) is 0 Å². The van der Waals surface area contributed by atoms with Gasteiger partial charge in [0, 0.05) is 51.1 Å². The van der Waals surface area contributed by atoms with Gasteiger partial charge in [0.1, 0.15) is 0 Å². The van der Waals surface area contributed by atoms with Crippen molar-refractivity contribution in [1.29, 1.82) is 0 Å². The van der Waals surface area contributed by atoms with Gasteiger partial charge >= 0.3 is 0 Å². The number of likely N-dealkylation sites (N-methyl/N-ethyl adjacent to an activating group) is 1. The standard InChI is InChI=1S/C20H37N5O/c1-21-19(22-13-17(24(2)3)16-8-5-4-6-9-16)25-11-7-10-20(15-25)12-18(26)23-14-20/h16-17H,4-15H2,1-3H3,(H,21,22)(H,23,26). The van der Waals surface area contributed by atoms with Gasteiger partial charge in [-0.2, -0.15) is 0 Å². The molecule has 2 unspecified atom stereocenters. The number of hydrogen-bond donors (Lipinski definition) is 2. The van der Waals surface area contributed by atoms with Crippen molar-refractivity contribution in [3.63, 3.8) is 0 Å². The number of carbonyl (C=O) groups excluding carboxylic acids is 1. The van der Waals surface area contributed by atoms with Crippen LogP contribution in [0.1, 0.15) is 51.4 Å². The zero-order chi connectivity index (χ0) is 18.6. The molecule has 6 nitrogen and oxygen atoms in total. The predicted molar refractivity (Wildman–Crippen MR) is 106 cm³/mol. The largest absolute Gasteiger partial charge is 0.355 e. The Morgan fingerprint density at radius 2 is 2.12 bits per heavy atom. The van der Waals surface area contributed by atoms with Crippen LogP contribution >= 0.6 is 0 Å². The first-order valence-corrected chi connectivity index (χ1v) is 10.4. The van der Waals surface area contributed by atoms with Gasteiger partial charge in [0.15, 0.2) is 5.96 Å². The Kier molecular flexibility index (Phi) is 6.43. The Hall–Kier alpha value is -1.30. The van der Waals surface area contributed by atoms with Crippen LogP contribution < -0.4 is 10.6 Å². The highest BCUT2D eigenvalue weighted by molar-refractivity contribution is 5.81. The third-order valence-corrected chi connectivity index (χ3v) is 6.70. The zero-order valence-corrected chi connectivity index (χ0v) is 16.9. The molecule has 0 radical (unpaired) electrons. The second kappa shape index (κ2) is 8.59. The highest BCUT2D eigenvalue weighted by Gasteiger charge is 2.42. The maximum atomic E-state index is 11.7. The summed E-state index contributed by atoms with van der Waals surface area (Å²) in [6.45, 7) is 3.74. The molecule has 1 spiro atoms. The molecule has 1 saturated carbocycles. The summed E-state index contributed by atoms with van der Waals surface area (Å²) in [5, 5.41) is 6.70. The van der Waals surface area contributed by atoms with Crippen molar-refractivity contribution in [2.45, 2.75) is 57.4 Å². The van der Waals surface area contributed by atoms with E-state index in [-0.39, 0.29) is 11.3 Å². The normalized spacial score (nSPS) is 29.3. The topological polar surface area (TPSA) is 60.0 Å². The molecule has 3 rings (SSSR count). The van der Waals surface area contributed by atoms with E-state index in [4.69, 9.17) is 0 Å². The monoisotopic (exact) mass is 363 g/mol. The van der Waals surface area contributed by atoms with Gasteiger partial charge in [-0.05, 0) is 45.7 Å². The summed E-state index contributed by atoms with van der Waals surface area (Å²) >= 11 is 0. The molecule has 2 aliphatic heterocycles. The number of rotatable bonds is 4. The molecule has 148 valence electrons. The Labute approximate surface area is 158 Å². The van der Waals surface area contributed by atoms with E-state index in [2.05, 4.69) is 39.5 Å². The van der Waals surface area contributed by atoms with Gasteiger partial charge in [-0.25, -0.2) is 0 Å². The highest BCUT2D eigenvalue weighted by Crippen LogP contribution is 2.36. The SMILES string of the molecule is CN=C(NCC(C1CCCCC1)N(C)C)N1CCCC2(CNC(=O)C2)C1. The number of nitrogens with zero attached hydrogens (tertiary/aromatic N) is 3. The zero-order valence-electron chi connectivity index (χ0n) is 16.9. The minimum atomic E-state index is 0.108. The summed E-state index contributed by atoms with van der Waals surface area (Å²) in [7, 11) is 6.29. The minimum Gasteiger partial charge on any atom is -0.355 e. The number of guanidine groups is 1. The molecule has 3 fully saturated rings. The Bertz CT molecular complexity index is 514. The lowest BCUT2D eigenvalue weighted by molar-refractivity contribution is -0.119. The number of amides is 1. The maximum absolute atomic E-state index is 11.7. The van der Waals surface area contributed by atoms with Crippen LogP contribution in [0.4, 0.5) is 0 Å². The van der Waals surface area contributed by atoms with Crippen molar-refractivity contribution in [2.24, 2.45) is 16.3 Å². The van der Waals surface area contributed by atoms with Crippen LogP contribution in [-0.2, 0) is 4.79 Å². The predicted octanol–water partition coefficient (Wildman–Crippen LogP) is 1.67. The third-order valence-electron chi connectivity index (χ3n) is 6.70. The molecule has 1 aliphatic carbocycles. The summed E-state index contributed by atoms with van der Waals surface area (Å²) in [6, 6.07) is 0.556. The lowest BCUT2D eigenvalue weighted by atomic mass is 9.79. The van der Waals surface area contributed by atoms with Crippen molar-refractivity contribution in [3.8, 4) is 0 Å². The summed E-state index contributed by atoms with van der Waals surface area (Å²) in [5.41, 5.74) is 0.108. The van der Waals surface area contributed by atoms with Crippen molar-refractivity contribution < 1.29 is 4.79 Å². The molecule has 2 N–H and O–H groups in total. The van der Waals surface area contributed by atoms with Gasteiger partial charge in [-0.15, -0.1) is 0 Å². The molecule has 2 atom stereocenters. The van der Waals surface area contributed by atoms with E-state index in [0.29, 0.717) is 12.5 Å². The van der Waals surface area contributed by atoms with Crippen LogP contribution in [0.5, 0.6) is 0 Å². The van der Waals surface area contributed by atoms with Gasteiger partial charge < -0.3 is 20.4 Å². The van der Waals surface area contributed by atoms with Crippen LogP contribution in [0.2, 0.25) is 0 Å². The van der Waals surface area contributed by atoms with Crippen molar-refractivity contribution in [2.75, 3.05) is 47.3 Å². The fourth-order valence-electron chi connectivity index (χ4n) is 5.25. The molecular formula is C20H37N5O. The van der Waals surface area contributed by atoms with Gasteiger partial charge in [-0.1, -0.05) is 19.3 Å². The summed E-state index contributed by atoms with van der Waals surface area (Å²) < 4.78 is 0. The van der Waals surface area contributed by atoms with E-state index in [9.17, 15) is 4.79 Å². The minimum absolute atomic E-state index is 0.108. The number of carbonyl (C=O) groups is 1. The molecule has 0 aromatic carbocycles. The molecule has 26 heavy (non-hydrogen) atoms. The number of likely N-dealkylation sites (tertiary alicyclic amines) is 1. The van der Waals surface area contributed by atoms with Crippen molar-refractivity contribution in [3.05, 3.63) is 0 Å². The molecule has 6 heteroatoms. The molecule has 3 aliphatic rings. The fourth-order valence-corrected chi connectivity index (χ4v) is 5.25. The van der Waals surface area contributed by atoms with E-state index in [1.54, 1.807) is 0 Å². The van der Waals surface area contributed by atoms with Crippen LogP contribution in [0, 0.1) is 11.3 Å². The van der Waals surface area contributed by atoms with Crippen LogP contribution in [-0.4, -0.2) is 75.0 Å². The molecule has 1 amide bonds. The number of hydrogen-bond acceptors (Lipinski definition) is 3. The molecule has 0 aromatic heterocycles. The number of nitrogens with one attached hydrogen (secondary N) is 2. The quantitative estimate of drug-likeness (QED) is 0.589. The van der Waals surface area contributed by atoms with Gasteiger partial charge in [0.2, 0.25) is 5.91 Å². The van der Waals surface area contributed by atoms with Gasteiger partial charge in [-0.3, -0.25) is 9.79 Å². The van der Waals surface area contributed by atoms with Gasteiger partial charge in [0.05, 0.1) is 0 Å². The molecule has 0 aromatic rings. The fraction of sp³-hybridized carbons (Fsp3) is 0.900. The Morgan fingerprint density at radius 3 is 2.73 bits per heavy atom. The number of piperidine rings is 1. The third kappa shape index (κ3) is 4.51. The first kappa shape index (κ1) is 19.5. The smallest absolute Gasteiger partial charge is 0.220 e. The van der Waals surface area contributed by atoms with E-state index >= 15 is 0 Å². The second-order valence-corrected chi connectivity index (χ2v) is 8.84. The Morgan fingerprint density at radius 1 is 1.35 bits per heavy atom. The summed E-state index contributed by atoms with van der Waals surface area (Å²) in [5.74, 6) is 2.00. The van der Waals surface area contributed by atoms with E-state index in [1.165, 1.54) is 32.1 Å². The molecular weight excluding hydrogens is 326 g/mol. The van der Waals surface area contributed by atoms with Crippen molar-refractivity contribution in [1.82, 2.24) is 20.4 Å². The lowest BCUT2D eigenvalue weighted by Crippen LogP contribution is -2.54. The van der Waals surface area contributed by atoms with Crippen LogP contribution in [0.3, 0.4) is 0 Å². The average Bonchev–Trinajstić information content (AvgIpc) is 2.99. The summed E-state index contributed by atoms with van der Waals surface area (Å²) in [6.07, 6.45) is 9.79. The maximum Gasteiger partial charge on any atom is 0.220 e. The molecule has 0 bridgehead atoms. The average molecular weight is 364 g/mol. The van der Waals surface area contributed by atoms with E-state index < -0.39 is 0 Å². The van der Waals surface area contributed by atoms with E-state index in [0.717, 1.165) is 50.9 Å². The molecule has 2 heterocycles. The first-order valence-electron chi connectivity index (χ1n) is 10.4. The molecule has 2 saturated heterocycles. The first-order chi connectivity index (χ1) is 12.5. The second-order valence-electron chi connectivity index (χ2n) is 8.84. The highest BCUT2D eigenvalue weighted by atomic mass is 16.1. The van der Waals surface area contributed by atoms with E-state index in [1.807, 2.05) is 7.05 Å².